The second kappa shape index (κ2) is 8.05. The first-order valence-electron chi connectivity index (χ1n) is 5.00. The number of carboxylic acid groups (broad SMARTS) is 1. The van der Waals surface area contributed by atoms with Crippen LogP contribution >= 0.6 is 0 Å². The smallest absolute Gasteiger partial charge is 0.303 e. The lowest BCUT2D eigenvalue weighted by Gasteiger charge is -2.11. The average Bonchev–Trinajstić information content (AvgIpc) is 2.09. The van der Waals surface area contributed by atoms with Crippen LogP contribution in [0.3, 0.4) is 0 Å². The molecule has 3 nitrogen and oxygen atoms in total. The van der Waals surface area contributed by atoms with Crippen LogP contribution in [-0.2, 0) is 9.53 Å². The largest absolute Gasteiger partial charge is 0.481 e. The zero-order valence-corrected chi connectivity index (χ0v) is 8.58. The SMILES string of the molecule is CCCCCOC(C)CCC(=O)O. The van der Waals surface area contributed by atoms with Crippen molar-refractivity contribution < 1.29 is 14.6 Å². The number of rotatable bonds is 8. The third-order valence-corrected chi connectivity index (χ3v) is 1.91. The monoisotopic (exact) mass is 188 g/mol. The Labute approximate surface area is 80.1 Å². The Kier molecular flexibility index (Phi) is 7.69. The van der Waals surface area contributed by atoms with E-state index in [4.69, 9.17) is 9.84 Å². The Morgan fingerprint density at radius 3 is 2.69 bits per heavy atom. The molecule has 13 heavy (non-hydrogen) atoms. The predicted octanol–water partition coefficient (Wildman–Crippen LogP) is 2.45. The molecule has 0 aromatic rings. The molecule has 0 aromatic carbocycles. The van der Waals surface area contributed by atoms with Crippen molar-refractivity contribution in [2.24, 2.45) is 0 Å². The van der Waals surface area contributed by atoms with Crippen LogP contribution in [0.4, 0.5) is 0 Å². The van der Waals surface area contributed by atoms with Crippen LogP contribution in [0.1, 0.15) is 46.0 Å². The maximum absolute atomic E-state index is 10.2. The van der Waals surface area contributed by atoms with E-state index in [1.165, 1.54) is 12.8 Å². The zero-order valence-electron chi connectivity index (χ0n) is 8.58. The first-order chi connectivity index (χ1) is 6.16. The Morgan fingerprint density at radius 2 is 2.15 bits per heavy atom. The van der Waals surface area contributed by atoms with E-state index in [9.17, 15) is 4.79 Å². The van der Waals surface area contributed by atoms with Crippen LogP contribution in [0.2, 0.25) is 0 Å². The molecule has 0 heterocycles. The van der Waals surface area contributed by atoms with Gasteiger partial charge in [0.15, 0.2) is 0 Å². The van der Waals surface area contributed by atoms with Crippen molar-refractivity contribution in [1.82, 2.24) is 0 Å². The molecule has 0 aliphatic carbocycles. The van der Waals surface area contributed by atoms with Crippen molar-refractivity contribution in [2.45, 2.75) is 52.1 Å². The lowest BCUT2D eigenvalue weighted by atomic mass is 10.2. The molecule has 3 heteroatoms. The summed E-state index contributed by atoms with van der Waals surface area (Å²) in [6.07, 6.45) is 4.34. The highest BCUT2D eigenvalue weighted by Crippen LogP contribution is 2.03. The van der Waals surface area contributed by atoms with Crippen molar-refractivity contribution in [3.63, 3.8) is 0 Å². The number of carboxylic acids is 1. The fourth-order valence-corrected chi connectivity index (χ4v) is 1.05. The van der Waals surface area contributed by atoms with E-state index in [1.54, 1.807) is 0 Å². The van der Waals surface area contributed by atoms with Gasteiger partial charge in [-0.3, -0.25) is 4.79 Å². The minimum atomic E-state index is -0.746. The number of carbonyl (C=O) groups is 1. The third kappa shape index (κ3) is 9.34. The standard InChI is InChI=1S/C10H20O3/c1-3-4-5-8-13-9(2)6-7-10(11)12/h9H,3-8H2,1-2H3,(H,11,12). The molecule has 0 bridgehead atoms. The molecule has 0 spiro atoms. The van der Waals surface area contributed by atoms with E-state index >= 15 is 0 Å². The van der Waals surface area contributed by atoms with Gasteiger partial charge in [0.1, 0.15) is 0 Å². The first kappa shape index (κ1) is 12.4. The fraction of sp³-hybridized carbons (Fsp3) is 0.900. The van der Waals surface area contributed by atoms with Gasteiger partial charge in [-0.1, -0.05) is 19.8 Å². The highest BCUT2D eigenvalue weighted by Gasteiger charge is 2.04. The highest BCUT2D eigenvalue weighted by molar-refractivity contribution is 5.66. The predicted molar refractivity (Wildman–Crippen MR) is 51.8 cm³/mol. The van der Waals surface area contributed by atoms with E-state index < -0.39 is 5.97 Å². The van der Waals surface area contributed by atoms with Crippen molar-refractivity contribution in [2.75, 3.05) is 6.61 Å². The number of hydrogen-bond donors (Lipinski definition) is 1. The summed E-state index contributed by atoms with van der Waals surface area (Å²) in [5, 5.41) is 8.42. The topological polar surface area (TPSA) is 46.5 Å². The fourth-order valence-electron chi connectivity index (χ4n) is 1.05. The van der Waals surface area contributed by atoms with Gasteiger partial charge in [0.05, 0.1) is 6.10 Å². The summed E-state index contributed by atoms with van der Waals surface area (Å²) in [6, 6.07) is 0. The van der Waals surface area contributed by atoms with Crippen LogP contribution in [0.25, 0.3) is 0 Å². The molecule has 0 saturated carbocycles. The Morgan fingerprint density at radius 1 is 1.46 bits per heavy atom. The van der Waals surface area contributed by atoms with Crippen molar-refractivity contribution in [1.29, 1.82) is 0 Å². The maximum Gasteiger partial charge on any atom is 0.303 e. The van der Waals surface area contributed by atoms with Crippen LogP contribution in [0.15, 0.2) is 0 Å². The van der Waals surface area contributed by atoms with Crippen molar-refractivity contribution >= 4 is 5.97 Å². The molecule has 0 aliphatic heterocycles. The quantitative estimate of drug-likeness (QED) is 0.595. The van der Waals surface area contributed by atoms with Gasteiger partial charge in [0, 0.05) is 13.0 Å². The zero-order chi connectivity index (χ0) is 10.1. The summed E-state index contributed by atoms with van der Waals surface area (Å²) in [4.78, 5) is 10.2. The molecule has 0 rings (SSSR count). The van der Waals surface area contributed by atoms with Crippen molar-refractivity contribution in [3.05, 3.63) is 0 Å². The normalized spacial score (nSPS) is 12.8. The van der Waals surface area contributed by atoms with E-state index in [1.807, 2.05) is 6.92 Å². The molecule has 0 amide bonds. The minimum absolute atomic E-state index is 0.0768. The number of hydrogen-bond acceptors (Lipinski definition) is 2. The summed E-state index contributed by atoms with van der Waals surface area (Å²) in [5.41, 5.74) is 0. The molecule has 0 saturated heterocycles. The van der Waals surface area contributed by atoms with Gasteiger partial charge in [-0.05, 0) is 19.8 Å². The molecule has 0 aromatic heterocycles. The van der Waals surface area contributed by atoms with Crippen LogP contribution < -0.4 is 0 Å². The van der Waals surface area contributed by atoms with Gasteiger partial charge >= 0.3 is 5.97 Å². The van der Waals surface area contributed by atoms with E-state index in [-0.39, 0.29) is 12.5 Å². The Balaban J connectivity index is 3.19. The summed E-state index contributed by atoms with van der Waals surface area (Å²) in [5.74, 6) is -0.746. The summed E-state index contributed by atoms with van der Waals surface area (Å²) in [7, 11) is 0. The van der Waals surface area contributed by atoms with E-state index in [2.05, 4.69) is 6.92 Å². The minimum Gasteiger partial charge on any atom is -0.481 e. The maximum atomic E-state index is 10.2. The van der Waals surface area contributed by atoms with Crippen LogP contribution in [-0.4, -0.2) is 23.8 Å². The van der Waals surface area contributed by atoms with Gasteiger partial charge in [-0.25, -0.2) is 0 Å². The summed E-state index contributed by atoms with van der Waals surface area (Å²) >= 11 is 0. The average molecular weight is 188 g/mol. The first-order valence-corrected chi connectivity index (χ1v) is 5.00. The van der Waals surface area contributed by atoms with Crippen molar-refractivity contribution in [3.8, 4) is 0 Å². The lowest BCUT2D eigenvalue weighted by Crippen LogP contribution is -2.11. The molecule has 1 atom stereocenters. The van der Waals surface area contributed by atoms with Gasteiger partial charge in [-0.2, -0.15) is 0 Å². The molecule has 0 aliphatic rings. The van der Waals surface area contributed by atoms with E-state index in [0.717, 1.165) is 13.0 Å². The Hall–Kier alpha value is -0.570. The summed E-state index contributed by atoms with van der Waals surface area (Å²) < 4.78 is 5.43. The second-order valence-electron chi connectivity index (χ2n) is 3.32. The summed E-state index contributed by atoms with van der Waals surface area (Å²) in [6.45, 7) is 4.83. The molecule has 1 N–H and O–H groups in total. The van der Waals surface area contributed by atoms with Gasteiger partial charge in [0.25, 0.3) is 0 Å². The van der Waals surface area contributed by atoms with Gasteiger partial charge in [-0.15, -0.1) is 0 Å². The van der Waals surface area contributed by atoms with E-state index in [0.29, 0.717) is 6.42 Å². The Bertz CT molecular complexity index is 134. The highest BCUT2D eigenvalue weighted by atomic mass is 16.5. The second-order valence-corrected chi connectivity index (χ2v) is 3.32. The van der Waals surface area contributed by atoms with Crippen LogP contribution in [0, 0.1) is 0 Å². The molecule has 78 valence electrons. The number of unbranched alkanes of at least 4 members (excludes halogenated alkanes) is 2. The number of ether oxygens (including phenoxy) is 1. The molecule has 0 radical (unpaired) electrons. The molecular weight excluding hydrogens is 168 g/mol. The number of aliphatic carboxylic acids is 1. The van der Waals surface area contributed by atoms with Crippen LogP contribution in [0.5, 0.6) is 0 Å². The lowest BCUT2D eigenvalue weighted by molar-refractivity contribution is -0.137. The molecular formula is C10H20O3. The molecule has 1 unspecified atom stereocenters. The van der Waals surface area contributed by atoms with Gasteiger partial charge in [0.2, 0.25) is 0 Å². The molecule has 0 fully saturated rings. The van der Waals surface area contributed by atoms with Gasteiger partial charge < -0.3 is 9.84 Å². The third-order valence-electron chi connectivity index (χ3n) is 1.91.